The number of aliphatic hydroxyl groups is 1. The second kappa shape index (κ2) is 6.47. The molecule has 1 unspecified atom stereocenters. The summed E-state index contributed by atoms with van der Waals surface area (Å²) in [5.41, 5.74) is 0.307. The zero-order valence-electron chi connectivity index (χ0n) is 11.1. The maximum atomic E-state index is 11.9. The van der Waals surface area contributed by atoms with Crippen molar-refractivity contribution in [2.75, 3.05) is 6.54 Å². The van der Waals surface area contributed by atoms with E-state index in [-0.39, 0.29) is 24.1 Å². The summed E-state index contributed by atoms with van der Waals surface area (Å²) in [7, 11) is 0. The van der Waals surface area contributed by atoms with Gasteiger partial charge in [-0.25, -0.2) is 0 Å². The molecule has 108 valence electrons. The van der Waals surface area contributed by atoms with Gasteiger partial charge in [0.05, 0.1) is 11.0 Å². The third kappa shape index (κ3) is 3.54. The second-order valence-corrected chi connectivity index (χ2v) is 5.13. The molecule has 6 nitrogen and oxygen atoms in total. The molecule has 0 radical (unpaired) electrons. The summed E-state index contributed by atoms with van der Waals surface area (Å²) < 4.78 is 0. The van der Waals surface area contributed by atoms with Gasteiger partial charge in [-0.1, -0.05) is 12.8 Å². The van der Waals surface area contributed by atoms with Gasteiger partial charge >= 0.3 is 0 Å². The van der Waals surface area contributed by atoms with Crippen molar-refractivity contribution in [2.45, 2.75) is 31.8 Å². The van der Waals surface area contributed by atoms with E-state index in [9.17, 15) is 20.0 Å². The number of nitrogens with one attached hydrogen (secondary N) is 1. The Kier molecular flexibility index (Phi) is 4.68. The summed E-state index contributed by atoms with van der Waals surface area (Å²) in [5, 5.41) is 23.1. The van der Waals surface area contributed by atoms with Gasteiger partial charge in [-0.3, -0.25) is 14.9 Å². The predicted octanol–water partition coefficient (Wildman–Crippen LogP) is 1.88. The molecule has 1 aliphatic rings. The summed E-state index contributed by atoms with van der Waals surface area (Å²) >= 11 is 0. The van der Waals surface area contributed by atoms with E-state index in [2.05, 4.69) is 5.32 Å². The highest BCUT2D eigenvalue weighted by atomic mass is 16.6. The fourth-order valence-corrected chi connectivity index (χ4v) is 2.54. The second-order valence-electron chi connectivity index (χ2n) is 5.13. The number of nitro groups is 1. The minimum atomic E-state index is -0.514. The zero-order valence-corrected chi connectivity index (χ0v) is 11.1. The fourth-order valence-electron chi connectivity index (χ4n) is 2.54. The van der Waals surface area contributed by atoms with Gasteiger partial charge in [0.2, 0.25) is 0 Å². The normalized spacial score (nSPS) is 16.9. The maximum Gasteiger partial charge on any atom is 0.269 e. The molecule has 1 saturated carbocycles. The van der Waals surface area contributed by atoms with E-state index < -0.39 is 11.0 Å². The van der Waals surface area contributed by atoms with Crippen LogP contribution in [0.3, 0.4) is 0 Å². The molecule has 0 heterocycles. The number of non-ortho nitro benzene ring substituents is 1. The third-order valence-corrected chi connectivity index (χ3v) is 3.76. The highest BCUT2D eigenvalue weighted by Crippen LogP contribution is 2.27. The number of rotatable bonds is 5. The van der Waals surface area contributed by atoms with E-state index >= 15 is 0 Å². The smallest absolute Gasteiger partial charge is 0.269 e. The summed E-state index contributed by atoms with van der Waals surface area (Å²) in [4.78, 5) is 21.9. The van der Waals surface area contributed by atoms with Crippen LogP contribution in [-0.2, 0) is 0 Å². The van der Waals surface area contributed by atoms with Crippen molar-refractivity contribution in [3.63, 3.8) is 0 Å². The first-order valence-corrected chi connectivity index (χ1v) is 6.78. The Hall–Kier alpha value is -1.95. The molecule has 0 spiro atoms. The van der Waals surface area contributed by atoms with Gasteiger partial charge in [0.1, 0.15) is 0 Å². The fraction of sp³-hybridized carbons (Fsp3) is 0.500. The van der Waals surface area contributed by atoms with Gasteiger partial charge in [0.15, 0.2) is 0 Å². The number of hydrogen-bond donors (Lipinski definition) is 2. The van der Waals surface area contributed by atoms with Crippen molar-refractivity contribution in [1.82, 2.24) is 5.32 Å². The average Bonchev–Trinajstić information content (AvgIpc) is 2.98. The van der Waals surface area contributed by atoms with Crippen molar-refractivity contribution < 1.29 is 14.8 Å². The van der Waals surface area contributed by atoms with Crippen LogP contribution in [-0.4, -0.2) is 28.6 Å². The molecule has 1 aliphatic carbocycles. The molecule has 0 aliphatic heterocycles. The molecule has 2 N–H and O–H groups in total. The van der Waals surface area contributed by atoms with E-state index in [1.165, 1.54) is 24.3 Å². The van der Waals surface area contributed by atoms with Gasteiger partial charge in [-0.2, -0.15) is 0 Å². The molecule has 20 heavy (non-hydrogen) atoms. The molecule has 0 bridgehead atoms. The molecular formula is C14H18N2O4. The van der Waals surface area contributed by atoms with Crippen LogP contribution in [0.15, 0.2) is 24.3 Å². The molecule has 1 fully saturated rings. The number of aliphatic hydroxyl groups excluding tert-OH is 1. The average molecular weight is 278 g/mol. The largest absolute Gasteiger partial charge is 0.391 e. The lowest BCUT2D eigenvalue weighted by Gasteiger charge is -2.18. The molecule has 1 aromatic rings. The summed E-state index contributed by atoms with van der Waals surface area (Å²) in [6, 6.07) is 5.41. The van der Waals surface area contributed by atoms with Crippen molar-refractivity contribution in [3.05, 3.63) is 39.9 Å². The minimum absolute atomic E-state index is 0.0486. The molecule has 0 saturated heterocycles. The Balaban J connectivity index is 1.86. The number of amides is 1. The van der Waals surface area contributed by atoms with Crippen molar-refractivity contribution in [1.29, 1.82) is 0 Å². The van der Waals surface area contributed by atoms with Gasteiger partial charge in [0.25, 0.3) is 11.6 Å². The molecule has 6 heteroatoms. The first-order valence-electron chi connectivity index (χ1n) is 6.78. The number of carbonyl (C=O) groups excluding carboxylic acids is 1. The lowest BCUT2D eigenvalue weighted by molar-refractivity contribution is -0.384. The van der Waals surface area contributed by atoms with E-state index in [0.29, 0.717) is 5.56 Å². The highest BCUT2D eigenvalue weighted by Gasteiger charge is 2.23. The van der Waals surface area contributed by atoms with Crippen LogP contribution < -0.4 is 5.32 Å². The number of nitro benzene ring substituents is 1. The van der Waals surface area contributed by atoms with Crippen LogP contribution in [0.1, 0.15) is 36.0 Å². The molecule has 0 aromatic heterocycles. The topological polar surface area (TPSA) is 92.5 Å². The number of nitrogens with zero attached hydrogens (tertiary/aromatic N) is 1. The van der Waals surface area contributed by atoms with E-state index in [1.54, 1.807) is 0 Å². The standard InChI is InChI=1S/C14H18N2O4/c17-13(10-3-1-2-4-10)9-15-14(18)11-5-7-12(8-6-11)16(19)20/h5-8,10,13,17H,1-4,9H2,(H,15,18). The number of carbonyl (C=O) groups is 1. The van der Waals surface area contributed by atoms with Gasteiger partial charge < -0.3 is 10.4 Å². The Bertz CT molecular complexity index is 480. The van der Waals surface area contributed by atoms with E-state index in [1.807, 2.05) is 0 Å². The molecular weight excluding hydrogens is 260 g/mol. The summed E-state index contributed by atoms with van der Waals surface area (Å²) in [6.07, 6.45) is 3.78. The van der Waals surface area contributed by atoms with Crippen LogP contribution in [0.5, 0.6) is 0 Å². The quantitative estimate of drug-likeness (QED) is 0.635. The Morgan fingerprint density at radius 2 is 1.95 bits per heavy atom. The first-order chi connectivity index (χ1) is 9.58. The van der Waals surface area contributed by atoms with Gasteiger partial charge in [0, 0.05) is 24.2 Å². The van der Waals surface area contributed by atoms with Crippen LogP contribution in [0.4, 0.5) is 5.69 Å². The lowest BCUT2D eigenvalue weighted by Crippen LogP contribution is -2.35. The Labute approximate surface area is 117 Å². The predicted molar refractivity (Wildman–Crippen MR) is 73.4 cm³/mol. The molecule has 1 aromatic carbocycles. The van der Waals surface area contributed by atoms with Crippen LogP contribution in [0.25, 0.3) is 0 Å². The summed E-state index contributed by atoms with van der Waals surface area (Å²) in [5.74, 6) is -0.0518. The van der Waals surface area contributed by atoms with E-state index in [0.717, 1.165) is 25.7 Å². The van der Waals surface area contributed by atoms with Crippen molar-refractivity contribution in [3.8, 4) is 0 Å². The third-order valence-electron chi connectivity index (χ3n) is 3.76. The van der Waals surface area contributed by atoms with Crippen molar-refractivity contribution >= 4 is 11.6 Å². The summed E-state index contributed by atoms with van der Waals surface area (Å²) in [6.45, 7) is 0.223. The van der Waals surface area contributed by atoms with Crippen LogP contribution in [0.2, 0.25) is 0 Å². The monoisotopic (exact) mass is 278 g/mol. The number of hydrogen-bond acceptors (Lipinski definition) is 4. The Morgan fingerprint density at radius 1 is 1.35 bits per heavy atom. The SMILES string of the molecule is O=C(NCC(O)C1CCCC1)c1ccc([N+](=O)[O-])cc1. The lowest BCUT2D eigenvalue weighted by atomic mass is 10.0. The molecule has 1 amide bonds. The van der Waals surface area contributed by atoms with Gasteiger partial charge in [-0.15, -0.1) is 0 Å². The zero-order chi connectivity index (χ0) is 14.5. The van der Waals surface area contributed by atoms with Crippen molar-refractivity contribution in [2.24, 2.45) is 5.92 Å². The van der Waals surface area contributed by atoms with Crippen LogP contribution in [0, 0.1) is 16.0 Å². The van der Waals surface area contributed by atoms with E-state index in [4.69, 9.17) is 0 Å². The molecule has 2 rings (SSSR count). The Morgan fingerprint density at radius 3 is 2.50 bits per heavy atom. The highest BCUT2D eigenvalue weighted by molar-refractivity contribution is 5.94. The maximum absolute atomic E-state index is 11.9. The van der Waals surface area contributed by atoms with Crippen LogP contribution >= 0.6 is 0 Å². The molecule has 1 atom stereocenters. The minimum Gasteiger partial charge on any atom is -0.391 e. The first kappa shape index (κ1) is 14.5. The number of benzene rings is 1. The van der Waals surface area contributed by atoms with Gasteiger partial charge in [-0.05, 0) is 30.9 Å².